The van der Waals surface area contributed by atoms with Crippen LogP contribution in [0, 0.1) is 17.8 Å². The number of nitrogens with one attached hydrogen (secondary N) is 2. The van der Waals surface area contributed by atoms with Crippen molar-refractivity contribution >= 4 is 46.8 Å². The van der Waals surface area contributed by atoms with Gasteiger partial charge in [-0.15, -0.1) is 11.8 Å². The molecule has 0 radical (unpaired) electrons. The molecule has 3 saturated heterocycles. The highest BCUT2D eigenvalue weighted by Gasteiger charge is 2.76. The Morgan fingerprint density at radius 2 is 1.87 bits per heavy atom. The van der Waals surface area contributed by atoms with Crippen molar-refractivity contribution in [3.8, 4) is 0 Å². The molecule has 3 heterocycles. The first-order valence-electron chi connectivity index (χ1n) is 13.3. The Morgan fingerprint density at radius 1 is 1.16 bits per heavy atom. The van der Waals surface area contributed by atoms with Gasteiger partial charge in [0.05, 0.1) is 29.2 Å². The molecule has 3 amide bonds. The molecule has 7 atom stereocenters. The van der Waals surface area contributed by atoms with Crippen LogP contribution in [0.25, 0.3) is 0 Å². The minimum Gasteiger partial charge on any atom is -0.394 e. The minimum absolute atomic E-state index is 0.0227. The Balaban J connectivity index is 1.55. The van der Waals surface area contributed by atoms with E-state index in [0.717, 1.165) is 18.4 Å². The summed E-state index contributed by atoms with van der Waals surface area (Å²) < 4.78 is -0.753. The van der Waals surface area contributed by atoms with E-state index in [1.54, 1.807) is 40.9 Å². The monoisotopic (exact) mass is 555 g/mol. The maximum Gasteiger partial charge on any atom is 0.248 e. The van der Waals surface area contributed by atoms with Gasteiger partial charge in [0.15, 0.2) is 0 Å². The number of hydrogen-bond acceptors (Lipinski definition) is 5. The molecular weight excluding hydrogens is 522 g/mol. The Labute approximate surface area is 232 Å². The Bertz CT molecular complexity index is 1200. The lowest BCUT2D eigenvalue weighted by atomic mass is 9.66. The van der Waals surface area contributed by atoms with Crippen molar-refractivity contribution in [3.05, 3.63) is 65.2 Å². The second kappa shape index (κ2) is 10.9. The van der Waals surface area contributed by atoms with Crippen LogP contribution < -0.4 is 10.6 Å². The quantitative estimate of drug-likeness (QED) is 0.438. The average molecular weight is 556 g/mol. The highest BCUT2D eigenvalue weighted by molar-refractivity contribution is 8.02. The number of fused-ring (bicyclic) bond motifs is 1. The third-order valence-electron chi connectivity index (χ3n) is 8.31. The number of hydrogen-bond donors (Lipinski definition) is 3. The van der Waals surface area contributed by atoms with Crippen molar-refractivity contribution in [2.24, 2.45) is 17.8 Å². The number of aliphatic hydroxyl groups is 1. The van der Waals surface area contributed by atoms with Gasteiger partial charge in [0, 0.05) is 22.5 Å². The largest absolute Gasteiger partial charge is 0.394 e. The fourth-order valence-electron chi connectivity index (χ4n) is 6.70. The summed E-state index contributed by atoms with van der Waals surface area (Å²) >= 11 is 7.68. The van der Waals surface area contributed by atoms with Crippen LogP contribution in [0.1, 0.15) is 32.3 Å². The second-order valence-electron chi connectivity index (χ2n) is 10.6. The normalized spacial score (nSPS) is 30.3. The van der Waals surface area contributed by atoms with Gasteiger partial charge in [-0.1, -0.05) is 55.8 Å². The number of nitrogens with zero attached hydrogens (tertiary/aromatic N) is 1. The average Bonchev–Trinajstić information content (AvgIpc) is 3.51. The fourth-order valence-corrected chi connectivity index (χ4v) is 9.23. The van der Waals surface area contributed by atoms with Gasteiger partial charge < -0.3 is 20.6 Å². The molecule has 5 rings (SSSR count). The zero-order valence-corrected chi connectivity index (χ0v) is 23.2. The Morgan fingerprint density at radius 3 is 2.53 bits per heavy atom. The van der Waals surface area contributed by atoms with Gasteiger partial charge in [-0.25, -0.2) is 0 Å². The number of aliphatic hydroxyl groups excluding tert-OH is 1. The van der Waals surface area contributed by atoms with Crippen LogP contribution in [0.5, 0.6) is 0 Å². The van der Waals surface area contributed by atoms with Gasteiger partial charge >= 0.3 is 0 Å². The van der Waals surface area contributed by atoms with Crippen LogP contribution in [-0.4, -0.2) is 63.0 Å². The Hall–Kier alpha value is -2.55. The summed E-state index contributed by atoms with van der Waals surface area (Å²) in [6.07, 6.45) is 1.98. The summed E-state index contributed by atoms with van der Waals surface area (Å²) in [5.41, 5.74) is 1.55. The maximum atomic E-state index is 14.3. The van der Waals surface area contributed by atoms with E-state index in [1.165, 1.54) is 0 Å². The molecule has 7 nitrogen and oxygen atoms in total. The summed E-state index contributed by atoms with van der Waals surface area (Å²) in [7, 11) is 0. The zero-order chi connectivity index (χ0) is 27.0. The van der Waals surface area contributed by atoms with E-state index in [-0.39, 0.29) is 35.5 Å². The van der Waals surface area contributed by atoms with Gasteiger partial charge in [0.2, 0.25) is 17.7 Å². The van der Waals surface area contributed by atoms with Gasteiger partial charge in [-0.05, 0) is 55.0 Å². The third-order valence-corrected chi connectivity index (χ3v) is 10.6. The predicted octanol–water partition coefficient (Wildman–Crippen LogP) is 3.75. The molecule has 2 aromatic carbocycles. The summed E-state index contributed by atoms with van der Waals surface area (Å²) in [6, 6.07) is 15.1. The molecule has 1 spiro atoms. The van der Waals surface area contributed by atoms with Crippen LogP contribution in [-0.2, 0) is 20.8 Å². The first kappa shape index (κ1) is 27.0. The molecule has 3 aliphatic rings. The predicted molar refractivity (Wildman–Crippen MR) is 150 cm³/mol. The van der Waals surface area contributed by atoms with Crippen molar-refractivity contribution in [1.82, 2.24) is 10.2 Å². The number of thioether (sulfide) groups is 1. The van der Waals surface area contributed by atoms with Crippen LogP contribution >= 0.6 is 23.4 Å². The van der Waals surface area contributed by atoms with Crippen molar-refractivity contribution in [2.75, 3.05) is 18.5 Å². The molecule has 38 heavy (non-hydrogen) atoms. The van der Waals surface area contributed by atoms with E-state index >= 15 is 0 Å². The highest BCUT2D eigenvalue weighted by atomic mass is 35.5. The van der Waals surface area contributed by atoms with E-state index in [2.05, 4.69) is 17.6 Å². The number of carbonyl (C=O) groups is 3. The SMILES string of the molecule is CCCNC(=O)[C@@H]1[C@@H]2CC(C)C3(S2)C(C(=O)Nc2ccc(Cl)cc2)N([C@@H](CO)Cc2ccccc2)C(=O)[C@H]13. The van der Waals surface area contributed by atoms with Gasteiger partial charge in [-0.2, -0.15) is 0 Å². The third kappa shape index (κ3) is 4.50. The molecule has 3 unspecified atom stereocenters. The number of benzene rings is 2. The van der Waals surface area contributed by atoms with Crippen LogP contribution in [0.3, 0.4) is 0 Å². The van der Waals surface area contributed by atoms with Crippen LogP contribution in [0.4, 0.5) is 5.69 Å². The lowest BCUT2D eigenvalue weighted by molar-refractivity contribution is -0.142. The maximum absolute atomic E-state index is 14.3. The smallest absolute Gasteiger partial charge is 0.248 e. The first-order chi connectivity index (χ1) is 18.3. The summed E-state index contributed by atoms with van der Waals surface area (Å²) in [6.45, 7) is 4.34. The van der Waals surface area contributed by atoms with Gasteiger partial charge in [-0.3, -0.25) is 14.4 Å². The van der Waals surface area contributed by atoms with E-state index in [4.69, 9.17) is 11.6 Å². The topological polar surface area (TPSA) is 98.7 Å². The van der Waals surface area contributed by atoms with Crippen LogP contribution in [0.2, 0.25) is 5.02 Å². The molecule has 3 N–H and O–H groups in total. The highest BCUT2D eigenvalue weighted by Crippen LogP contribution is 2.68. The second-order valence-corrected chi connectivity index (χ2v) is 12.6. The molecule has 202 valence electrons. The van der Waals surface area contributed by atoms with Gasteiger partial charge in [0.1, 0.15) is 6.04 Å². The summed E-state index contributed by atoms with van der Waals surface area (Å²) in [5.74, 6) is -1.70. The number of rotatable bonds is 9. The van der Waals surface area contributed by atoms with Gasteiger partial charge in [0.25, 0.3) is 0 Å². The van der Waals surface area contributed by atoms with E-state index in [0.29, 0.717) is 23.7 Å². The molecule has 3 aliphatic heterocycles. The molecule has 9 heteroatoms. The lowest BCUT2D eigenvalue weighted by Crippen LogP contribution is -2.57. The lowest BCUT2D eigenvalue weighted by Gasteiger charge is -2.40. The molecule has 3 fully saturated rings. The number of anilines is 1. The van der Waals surface area contributed by atoms with E-state index in [9.17, 15) is 19.5 Å². The number of halogens is 1. The zero-order valence-electron chi connectivity index (χ0n) is 21.6. The van der Waals surface area contributed by atoms with E-state index < -0.39 is 28.7 Å². The molecule has 2 bridgehead atoms. The molecular formula is C29H34ClN3O4S. The molecule has 0 aliphatic carbocycles. The Kier molecular flexibility index (Phi) is 7.76. The van der Waals surface area contributed by atoms with Crippen molar-refractivity contribution in [2.45, 2.75) is 55.2 Å². The van der Waals surface area contributed by atoms with Crippen molar-refractivity contribution in [3.63, 3.8) is 0 Å². The van der Waals surface area contributed by atoms with Crippen molar-refractivity contribution < 1.29 is 19.5 Å². The van der Waals surface area contributed by atoms with Crippen molar-refractivity contribution in [1.29, 1.82) is 0 Å². The molecule has 0 aromatic heterocycles. The number of carbonyl (C=O) groups excluding carboxylic acids is 3. The minimum atomic E-state index is -0.828. The molecule has 2 aromatic rings. The first-order valence-corrected chi connectivity index (χ1v) is 14.6. The van der Waals surface area contributed by atoms with Crippen LogP contribution in [0.15, 0.2) is 54.6 Å². The number of amides is 3. The molecule has 0 saturated carbocycles. The number of likely N-dealkylation sites (tertiary alicyclic amines) is 1. The summed E-state index contributed by atoms with van der Waals surface area (Å²) in [5, 5.41) is 17.1. The van der Waals surface area contributed by atoms with E-state index in [1.807, 2.05) is 37.3 Å². The standard InChI is InChI=1S/C29H34ClN3O4S/c1-3-13-31-26(35)23-22-14-17(2)29(38-22)24(23)28(37)33(21(16-34)15-18-7-5-4-6-8-18)25(29)27(36)32-20-11-9-19(30)10-12-20/h4-12,17,21-25,34H,3,13-16H2,1-2H3,(H,31,35)(H,32,36)/t17?,21-,22+,23-,24+,25?,29?/m1/s1. The fraction of sp³-hybridized carbons (Fsp3) is 0.483. The summed E-state index contributed by atoms with van der Waals surface area (Å²) in [4.78, 5) is 43.4.